The molecule has 0 atom stereocenters. The van der Waals surface area contributed by atoms with Crippen LogP contribution in [0.3, 0.4) is 0 Å². The Morgan fingerprint density at radius 2 is 1.69 bits per heavy atom. The Morgan fingerprint density at radius 1 is 0.923 bits per heavy atom. The van der Waals surface area contributed by atoms with E-state index in [1.807, 2.05) is 0 Å². The second-order valence-electron chi connectivity index (χ2n) is 5.22. The first-order chi connectivity index (χ1) is 12.3. The Balaban J connectivity index is 1.78. The smallest absolute Gasteiger partial charge is 0.340 e. The lowest BCUT2D eigenvalue weighted by Crippen LogP contribution is -2.06. The highest BCUT2D eigenvalue weighted by atomic mass is 35.5. The van der Waals surface area contributed by atoms with Gasteiger partial charge < -0.3 is 10.6 Å². The lowest BCUT2D eigenvalue weighted by molar-refractivity contribution is -0.137. The minimum Gasteiger partial charge on any atom is -0.340 e. The Kier molecular flexibility index (Phi) is 4.94. The minimum atomic E-state index is -4.44. The first-order valence-electron chi connectivity index (χ1n) is 7.31. The Hall–Kier alpha value is -2.87. The topological polar surface area (TPSA) is 49.8 Å². The maximum absolute atomic E-state index is 13.2. The number of hydrogen-bond acceptors (Lipinski definition) is 4. The molecule has 134 valence electrons. The Bertz CT molecular complexity index is 931. The van der Waals surface area contributed by atoms with Gasteiger partial charge in [-0.25, -0.2) is 9.37 Å². The molecule has 0 fully saturated rings. The summed E-state index contributed by atoms with van der Waals surface area (Å²) in [5.74, 6) is -0.0912. The van der Waals surface area contributed by atoms with Gasteiger partial charge in [-0.1, -0.05) is 17.7 Å². The van der Waals surface area contributed by atoms with Crippen molar-refractivity contribution in [1.82, 2.24) is 9.97 Å². The van der Waals surface area contributed by atoms with Gasteiger partial charge >= 0.3 is 6.18 Å². The van der Waals surface area contributed by atoms with Crippen molar-refractivity contribution in [1.29, 1.82) is 0 Å². The summed E-state index contributed by atoms with van der Waals surface area (Å²) in [6.45, 7) is 0. The van der Waals surface area contributed by atoms with Gasteiger partial charge in [-0.2, -0.15) is 18.2 Å². The van der Waals surface area contributed by atoms with Crippen molar-refractivity contribution in [2.24, 2.45) is 0 Å². The van der Waals surface area contributed by atoms with Crippen molar-refractivity contribution >= 4 is 34.7 Å². The molecule has 4 nitrogen and oxygen atoms in total. The van der Waals surface area contributed by atoms with Crippen LogP contribution in [0.5, 0.6) is 0 Å². The van der Waals surface area contributed by atoms with Crippen molar-refractivity contribution in [3.8, 4) is 0 Å². The van der Waals surface area contributed by atoms with E-state index in [-0.39, 0.29) is 16.7 Å². The number of rotatable bonds is 4. The highest BCUT2D eigenvalue weighted by Gasteiger charge is 2.30. The van der Waals surface area contributed by atoms with Crippen molar-refractivity contribution in [2.45, 2.75) is 6.18 Å². The molecule has 0 spiro atoms. The molecule has 1 aromatic heterocycles. The molecule has 0 unspecified atom stereocenters. The number of anilines is 4. The fourth-order valence-corrected chi connectivity index (χ4v) is 2.29. The van der Waals surface area contributed by atoms with Gasteiger partial charge in [0.15, 0.2) is 0 Å². The second kappa shape index (κ2) is 7.17. The average Bonchev–Trinajstić information content (AvgIpc) is 2.58. The van der Waals surface area contributed by atoms with Gasteiger partial charge in [0.2, 0.25) is 5.95 Å². The highest BCUT2D eigenvalue weighted by Crippen LogP contribution is 2.31. The number of hydrogen-bond donors (Lipinski definition) is 2. The van der Waals surface area contributed by atoms with E-state index in [1.165, 1.54) is 36.5 Å². The molecular formula is C17H11ClF4N4. The molecule has 0 radical (unpaired) electrons. The zero-order valence-corrected chi connectivity index (χ0v) is 13.7. The van der Waals surface area contributed by atoms with Crippen molar-refractivity contribution in [3.05, 3.63) is 71.1 Å². The first kappa shape index (κ1) is 17.9. The third-order valence-electron chi connectivity index (χ3n) is 3.29. The molecule has 0 aliphatic heterocycles. The summed E-state index contributed by atoms with van der Waals surface area (Å²) < 4.78 is 51.5. The van der Waals surface area contributed by atoms with E-state index in [9.17, 15) is 17.6 Å². The molecule has 1 heterocycles. The maximum atomic E-state index is 13.2. The van der Waals surface area contributed by atoms with Crippen LogP contribution in [-0.2, 0) is 6.18 Å². The van der Waals surface area contributed by atoms with Crippen LogP contribution in [0.25, 0.3) is 0 Å². The summed E-state index contributed by atoms with van der Waals surface area (Å²) in [6, 6.07) is 10.3. The van der Waals surface area contributed by atoms with Gasteiger partial charge in [-0.05, 0) is 42.5 Å². The van der Waals surface area contributed by atoms with Crippen LogP contribution in [0.2, 0.25) is 5.02 Å². The average molecular weight is 383 g/mol. The monoisotopic (exact) mass is 382 g/mol. The van der Waals surface area contributed by atoms with Crippen LogP contribution in [0.1, 0.15) is 5.56 Å². The van der Waals surface area contributed by atoms with E-state index in [0.29, 0.717) is 11.5 Å². The molecule has 0 saturated carbocycles. The van der Waals surface area contributed by atoms with Crippen LogP contribution in [-0.4, -0.2) is 9.97 Å². The number of alkyl halides is 3. The summed E-state index contributed by atoms with van der Waals surface area (Å²) in [6.07, 6.45) is -3.01. The van der Waals surface area contributed by atoms with Crippen molar-refractivity contribution in [3.63, 3.8) is 0 Å². The quantitative estimate of drug-likeness (QED) is 0.562. The number of aromatic nitrogens is 2. The summed E-state index contributed by atoms with van der Waals surface area (Å²) in [5, 5.41) is 5.58. The van der Waals surface area contributed by atoms with Gasteiger partial charge in [-0.15, -0.1) is 0 Å². The lowest BCUT2D eigenvalue weighted by Gasteiger charge is -2.11. The van der Waals surface area contributed by atoms with Crippen LogP contribution >= 0.6 is 11.6 Å². The second-order valence-corrected chi connectivity index (χ2v) is 5.63. The molecule has 2 N–H and O–H groups in total. The molecule has 26 heavy (non-hydrogen) atoms. The summed E-state index contributed by atoms with van der Waals surface area (Å²) in [7, 11) is 0. The molecule has 9 heteroatoms. The maximum Gasteiger partial charge on any atom is 0.416 e. The van der Waals surface area contributed by atoms with Crippen LogP contribution in [0.4, 0.5) is 40.7 Å². The van der Waals surface area contributed by atoms with E-state index in [2.05, 4.69) is 20.6 Å². The zero-order chi connectivity index (χ0) is 18.7. The van der Waals surface area contributed by atoms with Gasteiger partial charge in [0, 0.05) is 17.6 Å². The first-order valence-corrected chi connectivity index (χ1v) is 7.68. The number of benzene rings is 2. The number of halogens is 5. The third-order valence-corrected chi connectivity index (χ3v) is 3.58. The zero-order valence-electron chi connectivity index (χ0n) is 13.0. The summed E-state index contributed by atoms with van der Waals surface area (Å²) >= 11 is 5.72. The van der Waals surface area contributed by atoms with Gasteiger partial charge in [0.05, 0.1) is 10.6 Å². The molecule has 0 saturated heterocycles. The Morgan fingerprint density at radius 3 is 2.42 bits per heavy atom. The minimum absolute atomic E-state index is 0.0497. The molecule has 2 aromatic carbocycles. The molecule has 3 rings (SSSR count). The largest absolute Gasteiger partial charge is 0.416 e. The van der Waals surface area contributed by atoms with Crippen LogP contribution < -0.4 is 10.6 Å². The van der Waals surface area contributed by atoms with Crippen LogP contribution in [0.15, 0.2) is 54.7 Å². The highest BCUT2D eigenvalue weighted by molar-refractivity contribution is 6.31. The molecule has 0 aliphatic carbocycles. The van der Waals surface area contributed by atoms with E-state index in [0.717, 1.165) is 12.1 Å². The van der Waals surface area contributed by atoms with Crippen molar-refractivity contribution < 1.29 is 17.6 Å². The van der Waals surface area contributed by atoms with E-state index in [1.54, 1.807) is 6.07 Å². The summed E-state index contributed by atoms with van der Waals surface area (Å²) in [4.78, 5) is 8.13. The standard InChI is InChI=1S/C17H11ClF4N4/c18-13-9-12(4-5-14(13)19)24-15-6-7-23-16(26-15)25-11-3-1-2-10(8-11)17(20,21)22/h1-9H,(H2,23,24,25,26). The SMILES string of the molecule is Fc1ccc(Nc2ccnc(Nc3cccc(C(F)(F)F)c3)n2)cc1Cl. The molecular weight excluding hydrogens is 372 g/mol. The van der Waals surface area contributed by atoms with Gasteiger partial charge in [0.1, 0.15) is 11.6 Å². The van der Waals surface area contributed by atoms with E-state index in [4.69, 9.17) is 11.6 Å². The predicted octanol–water partition coefficient (Wildman–Crippen LogP) is 5.78. The fraction of sp³-hybridized carbons (Fsp3) is 0.0588. The summed E-state index contributed by atoms with van der Waals surface area (Å²) in [5.41, 5.74) is -0.0837. The number of nitrogens with zero attached hydrogens (tertiary/aromatic N) is 2. The molecule has 0 aliphatic rings. The molecule has 3 aromatic rings. The number of nitrogens with one attached hydrogen (secondary N) is 2. The predicted molar refractivity (Wildman–Crippen MR) is 91.5 cm³/mol. The molecule has 0 bridgehead atoms. The molecule has 0 amide bonds. The van der Waals surface area contributed by atoms with Gasteiger partial charge in [0.25, 0.3) is 0 Å². The van der Waals surface area contributed by atoms with Gasteiger partial charge in [-0.3, -0.25) is 0 Å². The normalized spacial score (nSPS) is 11.3. The lowest BCUT2D eigenvalue weighted by atomic mass is 10.2. The van der Waals surface area contributed by atoms with E-state index >= 15 is 0 Å². The van der Waals surface area contributed by atoms with Crippen molar-refractivity contribution in [2.75, 3.05) is 10.6 Å². The fourth-order valence-electron chi connectivity index (χ4n) is 2.11. The van der Waals surface area contributed by atoms with E-state index < -0.39 is 17.6 Å². The third kappa shape index (κ3) is 4.40. The van der Waals surface area contributed by atoms with Crippen LogP contribution in [0, 0.1) is 5.82 Å². The Labute approximate surface area is 150 Å².